The molecule has 0 aromatic carbocycles. The van der Waals surface area contributed by atoms with Crippen molar-refractivity contribution in [3.63, 3.8) is 0 Å². The van der Waals surface area contributed by atoms with E-state index in [4.69, 9.17) is 23.2 Å². The summed E-state index contributed by atoms with van der Waals surface area (Å²) in [4.78, 5) is 3.97. The molecular formula is C8H8Cl2N2. The van der Waals surface area contributed by atoms with E-state index in [0.29, 0.717) is 16.3 Å². The van der Waals surface area contributed by atoms with E-state index in [1.807, 2.05) is 6.07 Å². The molecule has 64 valence electrons. The van der Waals surface area contributed by atoms with E-state index in [1.165, 1.54) is 0 Å². The molecule has 2 nitrogen and oxygen atoms in total. The van der Waals surface area contributed by atoms with E-state index < -0.39 is 0 Å². The third-order valence-corrected chi connectivity index (χ3v) is 2.56. The maximum Gasteiger partial charge on any atom is 0.135 e. The van der Waals surface area contributed by atoms with Crippen LogP contribution < -0.4 is 5.32 Å². The first-order valence-electron chi connectivity index (χ1n) is 3.83. The fourth-order valence-corrected chi connectivity index (χ4v) is 1.71. The Balaban J connectivity index is 2.31. The molecule has 1 aromatic heterocycles. The number of rotatable bonds is 1. The average Bonchev–Trinajstić information content (AvgIpc) is 1.91. The number of hydrogen-bond acceptors (Lipinski definition) is 2. The third-order valence-electron chi connectivity index (χ3n) is 2.04. The quantitative estimate of drug-likeness (QED) is 0.709. The van der Waals surface area contributed by atoms with Gasteiger partial charge in [-0.05, 0) is 19.0 Å². The van der Waals surface area contributed by atoms with Crippen LogP contribution in [-0.4, -0.2) is 11.5 Å². The molecule has 12 heavy (non-hydrogen) atoms. The first kappa shape index (κ1) is 8.30. The van der Waals surface area contributed by atoms with Gasteiger partial charge < -0.3 is 5.32 Å². The van der Waals surface area contributed by atoms with Crippen LogP contribution >= 0.6 is 23.2 Å². The Labute approximate surface area is 80.9 Å². The molecule has 0 amide bonds. The van der Waals surface area contributed by atoms with Gasteiger partial charge in [0.25, 0.3) is 0 Å². The fourth-order valence-electron chi connectivity index (χ4n) is 1.24. The highest BCUT2D eigenvalue weighted by Crippen LogP contribution is 2.28. The summed E-state index contributed by atoms with van der Waals surface area (Å²) in [6.45, 7) is 1.06. The molecule has 1 aromatic rings. The Morgan fingerprint density at radius 2 is 2.17 bits per heavy atom. The Morgan fingerprint density at radius 1 is 1.42 bits per heavy atom. The van der Waals surface area contributed by atoms with Gasteiger partial charge in [0, 0.05) is 11.6 Å². The first-order valence-corrected chi connectivity index (χ1v) is 4.58. The summed E-state index contributed by atoms with van der Waals surface area (Å²) in [6, 6.07) is 4.07. The summed E-state index contributed by atoms with van der Waals surface area (Å²) < 4.78 is 0. The molecule has 1 aliphatic heterocycles. The SMILES string of the molecule is Clc1ccc([C@@H]2CCN2)c(Cl)n1. The number of nitrogens with zero attached hydrogens (tertiary/aromatic N) is 1. The largest absolute Gasteiger partial charge is 0.310 e. The van der Waals surface area contributed by atoms with Gasteiger partial charge >= 0.3 is 0 Å². The topological polar surface area (TPSA) is 24.9 Å². The first-order chi connectivity index (χ1) is 5.77. The molecule has 0 spiro atoms. The molecule has 1 fully saturated rings. The number of aromatic nitrogens is 1. The van der Waals surface area contributed by atoms with Gasteiger partial charge in [0.15, 0.2) is 0 Å². The molecule has 1 N–H and O–H groups in total. The Hall–Kier alpha value is -0.310. The van der Waals surface area contributed by atoms with Crippen molar-refractivity contribution >= 4 is 23.2 Å². The third kappa shape index (κ3) is 1.42. The number of hydrogen-bond donors (Lipinski definition) is 1. The second-order valence-corrected chi connectivity index (χ2v) is 3.55. The molecule has 4 heteroatoms. The number of pyridine rings is 1. The van der Waals surface area contributed by atoms with E-state index in [0.717, 1.165) is 18.5 Å². The zero-order valence-corrected chi connectivity index (χ0v) is 7.86. The van der Waals surface area contributed by atoms with E-state index in [1.54, 1.807) is 6.07 Å². The van der Waals surface area contributed by atoms with Crippen LogP contribution in [0.1, 0.15) is 18.0 Å². The van der Waals surface area contributed by atoms with E-state index >= 15 is 0 Å². The van der Waals surface area contributed by atoms with Crippen molar-refractivity contribution in [1.29, 1.82) is 0 Å². The summed E-state index contributed by atoms with van der Waals surface area (Å²) in [5.41, 5.74) is 1.05. The summed E-state index contributed by atoms with van der Waals surface area (Å²) >= 11 is 11.6. The Morgan fingerprint density at radius 3 is 2.67 bits per heavy atom. The predicted octanol–water partition coefficient (Wildman–Crippen LogP) is 2.42. The van der Waals surface area contributed by atoms with Crippen molar-refractivity contribution in [2.45, 2.75) is 12.5 Å². The van der Waals surface area contributed by atoms with E-state index in [2.05, 4.69) is 10.3 Å². The lowest BCUT2D eigenvalue weighted by Crippen LogP contribution is -2.35. The molecule has 1 aliphatic rings. The average molecular weight is 203 g/mol. The molecule has 0 radical (unpaired) electrons. The maximum absolute atomic E-state index is 5.90. The highest BCUT2D eigenvalue weighted by atomic mass is 35.5. The molecule has 1 atom stereocenters. The maximum atomic E-state index is 5.90. The molecule has 0 unspecified atom stereocenters. The van der Waals surface area contributed by atoms with Crippen LogP contribution in [-0.2, 0) is 0 Å². The van der Waals surface area contributed by atoms with Crippen LogP contribution in [0.4, 0.5) is 0 Å². The van der Waals surface area contributed by atoms with Crippen molar-refractivity contribution < 1.29 is 0 Å². The summed E-state index contributed by atoms with van der Waals surface area (Å²) in [5.74, 6) is 0. The van der Waals surface area contributed by atoms with Crippen molar-refractivity contribution in [1.82, 2.24) is 10.3 Å². The van der Waals surface area contributed by atoms with Gasteiger partial charge in [0.2, 0.25) is 0 Å². The fraction of sp³-hybridized carbons (Fsp3) is 0.375. The predicted molar refractivity (Wildman–Crippen MR) is 49.6 cm³/mol. The van der Waals surface area contributed by atoms with Gasteiger partial charge in [0.05, 0.1) is 0 Å². The van der Waals surface area contributed by atoms with Crippen LogP contribution in [0.2, 0.25) is 10.3 Å². The molecule has 2 rings (SSSR count). The second kappa shape index (κ2) is 3.21. The van der Waals surface area contributed by atoms with Gasteiger partial charge in [0.1, 0.15) is 10.3 Å². The molecule has 2 heterocycles. The van der Waals surface area contributed by atoms with Crippen molar-refractivity contribution in [2.75, 3.05) is 6.54 Å². The van der Waals surface area contributed by atoms with Crippen molar-refractivity contribution in [3.8, 4) is 0 Å². The van der Waals surface area contributed by atoms with Gasteiger partial charge in [-0.15, -0.1) is 0 Å². The smallest absolute Gasteiger partial charge is 0.135 e. The van der Waals surface area contributed by atoms with Crippen LogP contribution in [0.3, 0.4) is 0 Å². The lowest BCUT2D eigenvalue weighted by Gasteiger charge is -2.28. The second-order valence-electron chi connectivity index (χ2n) is 2.81. The van der Waals surface area contributed by atoms with Gasteiger partial charge in [-0.3, -0.25) is 0 Å². The highest BCUT2D eigenvalue weighted by molar-refractivity contribution is 6.32. The summed E-state index contributed by atoms with van der Waals surface area (Å²) in [6.07, 6.45) is 1.13. The number of nitrogens with one attached hydrogen (secondary N) is 1. The lowest BCUT2D eigenvalue weighted by atomic mass is 10.00. The van der Waals surface area contributed by atoms with Gasteiger partial charge in [-0.2, -0.15) is 0 Å². The Bertz CT molecular complexity index is 297. The minimum atomic E-state index is 0.377. The monoisotopic (exact) mass is 202 g/mol. The Kier molecular flexibility index (Phi) is 2.22. The van der Waals surface area contributed by atoms with Gasteiger partial charge in [-0.1, -0.05) is 29.3 Å². The zero-order valence-electron chi connectivity index (χ0n) is 6.35. The summed E-state index contributed by atoms with van der Waals surface area (Å²) in [7, 11) is 0. The zero-order chi connectivity index (χ0) is 8.55. The van der Waals surface area contributed by atoms with Crippen LogP contribution in [0.5, 0.6) is 0 Å². The normalized spacial score (nSPS) is 22.0. The van der Waals surface area contributed by atoms with E-state index in [-0.39, 0.29) is 0 Å². The van der Waals surface area contributed by atoms with Crippen molar-refractivity contribution in [2.24, 2.45) is 0 Å². The number of halogens is 2. The summed E-state index contributed by atoms with van der Waals surface area (Å²) in [5, 5.41) is 4.22. The van der Waals surface area contributed by atoms with Gasteiger partial charge in [-0.25, -0.2) is 4.98 Å². The standard InChI is InChI=1S/C8H8Cl2N2/c9-7-2-1-5(8(10)12-7)6-3-4-11-6/h1-2,6,11H,3-4H2/t6-/m0/s1. The molecule has 1 saturated heterocycles. The minimum Gasteiger partial charge on any atom is -0.310 e. The van der Waals surface area contributed by atoms with Crippen LogP contribution in [0.15, 0.2) is 12.1 Å². The van der Waals surface area contributed by atoms with Crippen LogP contribution in [0, 0.1) is 0 Å². The molecular weight excluding hydrogens is 195 g/mol. The lowest BCUT2D eigenvalue weighted by molar-refractivity contribution is 0.382. The molecule has 0 aliphatic carbocycles. The molecule has 0 saturated carbocycles. The van der Waals surface area contributed by atoms with E-state index in [9.17, 15) is 0 Å². The van der Waals surface area contributed by atoms with Crippen molar-refractivity contribution in [3.05, 3.63) is 28.0 Å². The van der Waals surface area contributed by atoms with Crippen LogP contribution in [0.25, 0.3) is 0 Å². The molecule has 0 bridgehead atoms. The minimum absolute atomic E-state index is 0.377. The highest BCUT2D eigenvalue weighted by Gasteiger charge is 2.21.